The minimum atomic E-state index is -3.47. The third kappa shape index (κ3) is 3.55. The molecule has 0 radical (unpaired) electrons. The van der Waals surface area contributed by atoms with Crippen molar-refractivity contribution in [1.82, 2.24) is 4.72 Å². The van der Waals surface area contributed by atoms with Crippen LogP contribution in [-0.4, -0.2) is 25.7 Å². The average molecular weight is 263 g/mol. The molecule has 0 saturated heterocycles. The minimum absolute atomic E-state index is 0.0305. The SMILES string of the molecule is CCC(C)(O)CNS(=O)(=O)c1ccc(C)s1. The fourth-order valence-corrected chi connectivity index (χ4v) is 3.49. The Kier molecular flexibility index (Phi) is 4.12. The highest BCUT2D eigenvalue weighted by atomic mass is 32.2. The van der Waals surface area contributed by atoms with E-state index < -0.39 is 15.6 Å². The molecular formula is C10H17NO3S2. The van der Waals surface area contributed by atoms with Gasteiger partial charge in [0.25, 0.3) is 0 Å². The molecule has 0 aromatic carbocycles. The zero-order valence-electron chi connectivity index (χ0n) is 9.65. The number of nitrogens with one attached hydrogen (secondary N) is 1. The van der Waals surface area contributed by atoms with Crippen LogP contribution in [-0.2, 0) is 10.0 Å². The Morgan fingerprint density at radius 1 is 1.50 bits per heavy atom. The molecule has 0 saturated carbocycles. The van der Waals surface area contributed by atoms with Crippen molar-refractivity contribution in [3.8, 4) is 0 Å². The van der Waals surface area contributed by atoms with Gasteiger partial charge in [0.15, 0.2) is 0 Å². The van der Waals surface area contributed by atoms with Gasteiger partial charge in [0.2, 0.25) is 10.0 Å². The van der Waals surface area contributed by atoms with Gasteiger partial charge in [-0.2, -0.15) is 0 Å². The maximum atomic E-state index is 11.8. The predicted octanol–water partition coefficient (Wildman–Crippen LogP) is 1.50. The van der Waals surface area contributed by atoms with E-state index in [1.165, 1.54) is 11.3 Å². The molecule has 1 aromatic rings. The molecule has 0 aliphatic heterocycles. The van der Waals surface area contributed by atoms with Gasteiger partial charge < -0.3 is 5.11 Å². The van der Waals surface area contributed by atoms with E-state index in [0.717, 1.165) is 4.88 Å². The van der Waals surface area contributed by atoms with Crippen molar-refractivity contribution in [1.29, 1.82) is 0 Å². The normalized spacial score (nSPS) is 16.0. The van der Waals surface area contributed by atoms with E-state index in [4.69, 9.17) is 0 Å². The zero-order valence-corrected chi connectivity index (χ0v) is 11.3. The molecular weight excluding hydrogens is 246 g/mol. The lowest BCUT2D eigenvalue weighted by Crippen LogP contribution is -2.39. The monoisotopic (exact) mass is 263 g/mol. The fourth-order valence-electron chi connectivity index (χ4n) is 1.00. The summed E-state index contributed by atoms with van der Waals surface area (Å²) >= 11 is 1.22. The number of aryl methyl sites for hydroxylation is 1. The molecule has 4 nitrogen and oxygen atoms in total. The largest absolute Gasteiger partial charge is 0.389 e. The molecule has 0 fully saturated rings. The van der Waals surface area contributed by atoms with E-state index in [1.807, 2.05) is 13.8 Å². The molecule has 0 amide bonds. The Balaban J connectivity index is 2.74. The van der Waals surface area contributed by atoms with Crippen molar-refractivity contribution < 1.29 is 13.5 Å². The summed E-state index contributed by atoms with van der Waals surface area (Å²) in [4.78, 5) is 0.947. The van der Waals surface area contributed by atoms with E-state index >= 15 is 0 Å². The maximum Gasteiger partial charge on any atom is 0.250 e. The molecule has 2 N–H and O–H groups in total. The number of hydrogen-bond donors (Lipinski definition) is 2. The van der Waals surface area contributed by atoms with Gasteiger partial charge in [0, 0.05) is 11.4 Å². The highest BCUT2D eigenvalue weighted by molar-refractivity contribution is 7.91. The van der Waals surface area contributed by atoms with Crippen LogP contribution in [0.3, 0.4) is 0 Å². The van der Waals surface area contributed by atoms with Crippen LogP contribution in [0.2, 0.25) is 0 Å². The molecule has 92 valence electrons. The average Bonchev–Trinajstić information content (AvgIpc) is 2.63. The highest BCUT2D eigenvalue weighted by Crippen LogP contribution is 2.20. The summed E-state index contributed by atoms with van der Waals surface area (Å²) in [6, 6.07) is 3.33. The van der Waals surface area contributed by atoms with E-state index in [-0.39, 0.29) is 10.8 Å². The van der Waals surface area contributed by atoms with Crippen LogP contribution in [0.4, 0.5) is 0 Å². The van der Waals surface area contributed by atoms with Crippen molar-refractivity contribution in [3.63, 3.8) is 0 Å². The molecule has 0 aliphatic carbocycles. The van der Waals surface area contributed by atoms with Crippen LogP contribution in [0.5, 0.6) is 0 Å². The quantitative estimate of drug-likeness (QED) is 0.846. The summed E-state index contributed by atoms with van der Waals surface area (Å²) in [5, 5.41) is 9.72. The number of hydrogen-bond acceptors (Lipinski definition) is 4. The van der Waals surface area contributed by atoms with Gasteiger partial charge >= 0.3 is 0 Å². The molecule has 6 heteroatoms. The van der Waals surface area contributed by atoms with Gasteiger partial charge in [-0.3, -0.25) is 0 Å². The highest BCUT2D eigenvalue weighted by Gasteiger charge is 2.23. The summed E-state index contributed by atoms with van der Waals surface area (Å²) in [6.07, 6.45) is 0.499. The Morgan fingerprint density at radius 2 is 2.12 bits per heavy atom. The van der Waals surface area contributed by atoms with Gasteiger partial charge in [-0.15, -0.1) is 11.3 Å². The molecule has 0 aliphatic rings. The zero-order chi connectivity index (χ0) is 12.4. The van der Waals surface area contributed by atoms with Crippen LogP contribution in [0.15, 0.2) is 16.3 Å². The Morgan fingerprint density at radius 3 is 2.56 bits per heavy atom. The molecule has 16 heavy (non-hydrogen) atoms. The van der Waals surface area contributed by atoms with Gasteiger partial charge in [-0.05, 0) is 32.4 Å². The molecule has 1 rings (SSSR count). The lowest BCUT2D eigenvalue weighted by atomic mass is 10.1. The van der Waals surface area contributed by atoms with E-state index in [1.54, 1.807) is 19.1 Å². The number of rotatable bonds is 5. The van der Waals surface area contributed by atoms with E-state index in [0.29, 0.717) is 6.42 Å². The van der Waals surface area contributed by atoms with Crippen molar-refractivity contribution in [3.05, 3.63) is 17.0 Å². The standard InChI is InChI=1S/C10H17NO3S2/c1-4-10(3,12)7-11-16(13,14)9-6-5-8(2)15-9/h5-6,11-12H,4,7H2,1-3H3. The van der Waals surface area contributed by atoms with Crippen LogP contribution in [0.25, 0.3) is 0 Å². The summed E-state index contributed by atoms with van der Waals surface area (Å²) in [5.41, 5.74) is -1.00. The Labute approximate surface area is 100 Å². The molecule has 1 aromatic heterocycles. The van der Waals surface area contributed by atoms with Crippen molar-refractivity contribution >= 4 is 21.4 Å². The topological polar surface area (TPSA) is 66.4 Å². The van der Waals surface area contributed by atoms with E-state index in [9.17, 15) is 13.5 Å². The third-order valence-electron chi connectivity index (χ3n) is 2.39. The first-order valence-electron chi connectivity index (χ1n) is 5.05. The molecule has 1 unspecified atom stereocenters. The van der Waals surface area contributed by atoms with Crippen LogP contribution in [0.1, 0.15) is 25.1 Å². The summed E-state index contributed by atoms with van der Waals surface area (Å²) < 4.78 is 26.3. The second kappa shape index (κ2) is 4.83. The minimum Gasteiger partial charge on any atom is -0.389 e. The maximum absolute atomic E-state index is 11.8. The summed E-state index contributed by atoms with van der Waals surface area (Å²) in [6.45, 7) is 5.30. The van der Waals surface area contributed by atoms with Gasteiger partial charge in [-0.25, -0.2) is 13.1 Å². The lowest BCUT2D eigenvalue weighted by Gasteiger charge is -2.21. The van der Waals surface area contributed by atoms with Gasteiger partial charge in [0.1, 0.15) is 4.21 Å². The van der Waals surface area contributed by atoms with E-state index in [2.05, 4.69) is 4.72 Å². The van der Waals surface area contributed by atoms with Crippen LogP contribution >= 0.6 is 11.3 Å². The van der Waals surface area contributed by atoms with Crippen LogP contribution in [0, 0.1) is 6.92 Å². The first-order chi connectivity index (χ1) is 7.27. The summed E-state index contributed by atoms with van der Waals surface area (Å²) in [5.74, 6) is 0. The Bertz CT molecular complexity index is 448. The third-order valence-corrected chi connectivity index (χ3v) is 5.28. The Hall–Kier alpha value is -0.430. The first-order valence-corrected chi connectivity index (χ1v) is 7.35. The smallest absolute Gasteiger partial charge is 0.250 e. The van der Waals surface area contributed by atoms with Crippen molar-refractivity contribution in [2.45, 2.75) is 37.0 Å². The molecule has 1 heterocycles. The first kappa shape index (κ1) is 13.6. The predicted molar refractivity (Wildman–Crippen MR) is 65.2 cm³/mol. The van der Waals surface area contributed by atoms with Gasteiger partial charge in [0.05, 0.1) is 5.60 Å². The lowest BCUT2D eigenvalue weighted by molar-refractivity contribution is 0.0614. The summed E-state index contributed by atoms with van der Waals surface area (Å²) in [7, 11) is -3.47. The fraction of sp³-hybridized carbons (Fsp3) is 0.600. The number of thiophene rings is 1. The molecule has 0 bridgehead atoms. The van der Waals surface area contributed by atoms with Gasteiger partial charge in [-0.1, -0.05) is 6.92 Å². The second-order valence-corrected chi connectivity index (χ2v) is 7.32. The molecule has 0 spiro atoms. The molecule has 1 atom stereocenters. The van der Waals surface area contributed by atoms with Crippen molar-refractivity contribution in [2.75, 3.05) is 6.54 Å². The second-order valence-electron chi connectivity index (χ2n) is 4.04. The van der Waals surface area contributed by atoms with Crippen molar-refractivity contribution in [2.24, 2.45) is 0 Å². The number of aliphatic hydroxyl groups is 1. The van der Waals surface area contributed by atoms with Crippen LogP contribution < -0.4 is 4.72 Å². The number of sulfonamides is 1.